The number of H-pyrrole nitrogens is 1. The van der Waals surface area contributed by atoms with E-state index in [0.717, 1.165) is 25.1 Å². The summed E-state index contributed by atoms with van der Waals surface area (Å²) in [6.07, 6.45) is 5.88. The molecule has 3 heteroatoms. The van der Waals surface area contributed by atoms with Crippen LogP contribution in [0, 0.1) is 0 Å². The van der Waals surface area contributed by atoms with Crippen molar-refractivity contribution in [3.05, 3.63) is 18.2 Å². The minimum absolute atomic E-state index is 0.255. The quantitative estimate of drug-likeness (QED) is 0.730. The van der Waals surface area contributed by atoms with Crippen LogP contribution in [0.2, 0.25) is 0 Å². The Hall–Kier alpha value is -0.830. The minimum Gasteiger partial charge on any atom is -0.347 e. The Kier molecular flexibility index (Phi) is 3.48. The van der Waals surface area contributed by atoms with Gasteiger partial charge in [-0.25, -0.2) is 4.98 Å². The molecule has 0 unspecified atom stereocenters. The summed E-state index contributed by atoms with van der Waals surface area (Å²) in [6, 6.07) is 0. The smallest absolute Gasteiger partial charge is 0.0922 e. The van der Waals surface area contributed by atoms with Crippen molar-refractivity contribution in [3.8, 4) is 0 Å². The molecule has 0 saturated carbocycles. The number of hydrogen-bond donors (Lipinski definition) is 2. The molecule has 1 heterocycles. The average Bonchev–Trinajstić information content (AvgIpc) is 2.67. The van der Waals surface area contributed by atoms with E-state index in [2.05, 4.69) is 36.1 Å². The van der Waals surface area contributed by atoms with Crippen LogP contribution in [-0.4, -0.2) is 15.5 Å². The van der Waals surface area contributed by atoms with Gasteiger partial charge in [0.05, 0.1) is 6.33 Å². The van der Waals surface area contributed by atoms with Crippen molar-refractivity contribution in [3.63, 3.8) is 0 Å². The van der Waals surface area contributed by atoms with Gasteiger partial charge < -0.3 is 10.3 Å². The second kappa shape index (κ2) is 4.42. The third kappa shape index (κ3) is 2.84. The van der Waals surface area contributed by atoms with Crippen molar-refractivity contribution in [2.24, 2.45) is 0 Å². The van der Waals surface area contributed by atoms with Crippen molar-refractivity contribution >= 4 is 0 Å². The van der Waals surface area contributed by atoms with Crippen molar-refractivity contribution in [2.75, 3.05) is 0 Å². The highest BCUT2D eigenvalue weighted by atomic mass is 15.0. The standard InChI is InChI=1S/C10H19N3/c1-4-10(3,5-2)13-7-9-6-11-8-12-9/h6,8,13H,4-5,7H2,1-3H3,(H,11,12). The fraction of sp³-hybridized carbons (Fsp3) is 0.700. The molecular formula is C10H19N3. The van der Waals surface area contributed by atoms with Crippen LogP contribution in [0.4, 0.5) is 0 Å². The van der Waals surface area contributed by atoms with Crippen LogP contribution >= 0.6 is 0 Å². The molecule has 0 fully saturated rings. The van der Waals surface area contributed by atoms with Gasteiger partial charge in [-0.1, -0.05) is 13.8 Å². The number of aromatic nitrogens is 2. The fourth-order valence-electron chi connectivity index (χ4n) is 1.19. The highest BCUT2D eigenvalue weighted by molar-refractivity contribution is 4.95. The van der Waals surface area contributed by atoms with Gasteiger partial charge in [0.15, 0.2) is 0 Å². The molecule has 0 aliphatic rings. The number of nitrogens with zero attached hydrogens (tertiary/aromatic N) is 1. The Labute approximate surface area is 80.0 Å². The lowest BCUT2D eigenvalue weighted by molar-refractivity contribution is 0.328. The molecule has 0 spiro atoms. The molecular weight excluding hydrogens is 162 g/mol. The largest absolute Gasteiger partial charge is 0.347 e. The second-order valence-electron chi connectivity index (χ2n) is 3.70. The van der Waals surface area contributed by atoms with Crippen LogP contribution in [0.15, 0.2) is 12.5 Å². The summed E-state index contributed by atoms with van der Waals surface area (Å²) in [7, 11) is 0. The third-order valence-electron chi connectivity index (χ3n) is 2.82. The number of nitrogens with one attached hydrogen (secondary N) is 2. The van der Waals surface area contributed by atoms with E-state index in [9.17, 15) is 0 Å². The maximum absolute atomic E-state index is 3.98. The Morgan fingerprint density at radius 3 is 2.62 bits per heavy atom. The van der Waals surface area contributed by atoms with E-state index >= 15 is 0 Å². The van der Waals surface area contributed by atoms with Crippen LogP contribution in [0.25, 0.3) is 0 Å². The zero-order chi connectivity index (χ0) is 9.73. The highest BCUT2D eigenvalue weighted by Crippen LogP contribution is 2.13. The molecule has 1 rings (SSSR count). The number of rotatable bonds is 5. The first-order valence-electron chi connectivity index (χ1n) is 4.92. The van der Waals surface area contributed by atoms with Gasteiger partial charge >= 0.3 is 0 Å². The summed E-state index contributed by atoms with van der Waals surface area (Å²) in [6.45, 7) is 7.55. The van der Waals surface area contributed by atoms with Crippen LogP contribution in [0.5, 0.6) is 0 Å². The van der Waals surface area contributed by atoms with Crippen LogP contribution in [-0.2, 0) is 6.54 Å². The molecule has 0 saturated heterocycles. The van der Waals surface area contributed by atoms with Gasteiger partial charge in [-0.05, 0) is 19.8 Å². The molecule has 0 aliphatic heterocycles. The molecule has 0 atom stereocenters. The van der Waals surface area contributed by atoms with E-state index in [-0.39, 0.29) is 5.54 Å². The molecule has 0 radical (unpaired) electrons. The summed E-state index contributed by atoms with van der Waals surface area (Å²) >= 11 is 0. The minimum atomic E-state index is 0.255. The predicted molar refractivity (Wildman–Crippen MR) is 54.4 cm³/mol. The maximum Gasteiger partial charge on any atom is 0.0922 e. The molecule has 0 aromatic carbocycles. The van der Waals surface area contributed by atoms with Gasteiger partial charge in [0.25, 0.3) is 0 Å². The Morgan fingerprint density at radius 2 is 2.15 bits per heavy atom. The van der Waals surface area contributed by atoms with Crippen molar-refractivity contribution in [1.29, 1.82) is 0 Å². The van der Waals surface area contributed by atoms with Gasteiger partial charge in [0.2, 0.25) is 0 Å². The van der Waals surface area contributed by atoms with E-state index in [1.54, 1.807) is 6.33 Å². The van der Waals surface area contributed by atoms with Gasteiger partial charge in [-0.3, -0.25) is 0 Å². The molecule has 0 bridgehead atoms. The van der Waals surface area contributed by atoms with Crippen molar-refractivity contribution in [2.45, 2.75) is 45.7 Å². The average molecular weight is 181 g/mol. The van der Waals surface area contributed by atoms with Gasteiger partial charge in [-0.15, -0.1) is 0 Å². The Morgan fingerprint density at radius 1 is 1.46 bits per heavy atom. The van der Waals surface area contributed by atoms with E-state index in [1.807, 2.05) is 6.20 Å². The summed E-state index contributed by atoms with van der Waals surface area (Å²) in [4.78, 5) is 7.06. The lowest BCUT2D eigenvalue weighted by Crippen LogP contribution is -2.40. The van der Waals surface area contributed by atoms with Gasteiger partial charge in [0.1, 0.15) is 0 Å². The first-order chi connectivity index (χ1) is 6.20. The van der Waals surface area contributed by atoms with E-state index in [1.165, 1.54) is 0 Å². The molecule has 13 heavy (non-hydrogen) atoms. The number of aromatic amines is 1. The molecule has 0 aliphatic carbocycles. The topological polar surface area (TPSA) is 40.7 Å². The maximum atomic E-state index is 3.98. The molecule has 3 nitrogen and oxygen atoms in total. The molecule has 2 N–H and O–H groups in total. The SMILES string of the molecule is CCC(C)(CC)NCc1cnc[nH]1. The van der Waals surface area contributed by atoms with Crippen molar-refractivity contribution < 1.29 is 0 Å². The zero-order valence-electron chi connectivity index (χ0n) is 8.72. The molecule has 74 valence electrons. The normalized spacial score (nSPS) is 11.9. The van der Waals surface area contributed by atoms with E-state index in [0.29, 0.717) is 0 Å². The molecule has 1 aromatic rings. The summed E-state index contributed by atoms with van der Waals surface area (Å²) < 4.78 is 0. The van der Waals surface area contributed by atoms with Gasteiger partial charge in [-0.2, -0.15) is 0 Å². The Balaban J connectivity index is 2.41. The van der Waals surface area contributed by atoms with Crippen LogP contribution in [0.1, 0.15) is 39.3 Å². The van der Waals surface area contributed by atoms with E-state index in [4.69, 9.17) is 0 Å². The number of imidazole rings is 1. The Bertz CT molecular complexity index is 224. The number of hydrogen-bond acceptors (Lipinski definition) is 2. The molecule has 0 amide bonds. The van der Waals surface area contributed by atoms with Crippen molar-refractivity contribution in [1.82, 2.24) is 15.3 Å². The fourth-order valence-corrected chi connectivity index (χ4v) is 1.19. The summed E-state index contributed by atoms with van der Waals surface area (Å²) in [5.74, 6) is 0. The third-order valence-corrected chi connectivity index (χ3v) is 2.82. The predicted octanol–water partition coefficient (Wildman–Crippen LogP) is 2.08. The second-order valence-corrected chi connectivity index (χ2v) is 3.70. The van der Waals surface area contributed by atoms with Crippen LogP contribution in [0.3, 0.4) is 0 Å². The summed E-state index contributed by atoms with van der Waals surface area (Å²) in [5.41, 5.74) is 1.40. The van der Waals surface area contributed by atoms with E-state index < -0.39 is 0 Å². The lowest BCUT2D eigenvalue weighted by Gasteiger charge is -2.28. The highest BCUT2D eigenvalue weighted by Gasteiger charge is 2.17. The van der Waals surface area contributed by atoms with Crippen LogP contribution < -0.4 is 5.32 Å². The first-order valence-corrected chi connectivity index (χ1v) is 4.92. The zero-order valence-corrected chi connectivity index (χ0v) is 8.72. The van der Waals surface area contributed by atoms with Gasteiger partial charge in [0, 0.05) is 24.0 Å². The first kappa shape index (κ1) is 10.3. The molecule has 1 aromatic heterocycles. The lowest BCUT2D eigenvalue weighted by atomic mass is 9.95. The summed E-state index contributed by atoms with van der Waals surface area (Å²) in [5, 5.41) is 3.53. The monoisotopic (exact) mass is 181 g/mol.